The topological polar surface area (TPSA) is 50.2 Å². The zero-order chi connectivity index (χ0) is 25.6. The number of allylic oxidation sites excluding steroid dienone is 2. The minimum Gasteiger partial charge on any atom is -0.381 e. The number of hydrogen-bond acceptors (Lipinski definition) is 3. The molecule has 3 aromatic carbocycles. The van der Waals surface area contributed by atoms with Crippen molar-refractivity contribution in [3.63, 3.8) is 0 Å². The zero-order valence-electron chi connectivity index (χ0n) is 21.8. The molecule has 4 N–H and O–H groups in total. The Morgan fingerprint density at radius 3 is 2.33 bits per heavy atom. The number of rotatable bonds is 7. The summed E-state index contributed by atoms with van der Waals surface area (Å²) >= 11 is 0. The molecule has 0 amide bonds. The maximum Gasteiger partial charge on any atom is 0.212 e. The fourth-order valence-electron chi connectivity index (χ4n) is 3.82. The molecule has 1 unspecified atom stereocenters. The van der Waals surface area contributed by atoms with E-state index in [1.165, 1.54) is 22.8 Å². The van der Waals surface area contributed by atoms with E-state index in [9.17, 15) is 0 Å². The van der Waals surface area contributed by atoms with Crippen molar-refractivity contribution in [3.05, 3.63) is 114 Å². The van der Waals surface area contributed by atoms with Gasteiger partial charge in [0, 0.05) is 50.0 Å². The minimum atomic E-state index is 0.451. The third-order valence-corrected chi connectivity index (χ3v) is 6.44. The summed E-state index contributed by atoms with van der Waals surface area (Å²) in [4.78, 5) is 3.29. The first-order valence-electron chi connectivity index (χ1n) is 12.9. The van der Waals surface area contributed by atoms with E-state index in [4.69, 9.17) is 0 Å². The van der Waals surface area contributed by atoms with Crippen LogP contribution in [-0.4, -0.2) is 6.16 Å². The van der Waals surface area contributed by atoms with Gasteiger partial charge in [0.15, 0.2) is 6.20 Å². The van der Waals surface area contributed by atoms with Crippen LogP contribution in [0, 0.1) is 0 Å². The number of benzene rings is 3. The molecule has 5 heteroatoms. The molecule has 0 saturated carbocycles. The number of fused-ring (bicyclic) bond motifs is 1. The van der Waals surface area contributed by atoms with Crippen molar-refractivity contribution in [3.8, 4) is 0 Å². The number of aromatic amines is 1. The molecule has 2 heterocycles. The monoisotopic (exact) mass is 498 g/mol. The molecule has 0 saturated heterocycles. The number of para-hydroxylation sites is 1. The highest BCUT2D eigenvalue weighted by Gasteiger charge is 2.06. The standard InChI is InChI=1S/C27H25N4P.2C2H6/c1-2-7-26-25(6-1)27(12-15-28-26)31-22-10-8-21(9-11-22)29-19-20-4-3-5-24(18-20)30-23-13-16-32-17-14-23;2*1-2/h1-16,18,29-30,32H,17,19H2,(H,28,31);2*1-2H3/p+2. The normalized spacial score (nSPS) is 12.5. The van der Waals surface area contributed by atoms with Gasteiger partial charge in [-0.25, -0.2) is 4.98 Å². The molecule has 0 radical (unpaired) electrons. The lowest BCUT2D eigenvalue weighted by atomic mass is 10.1. The molecule has 0 fully saturated rings. The summed E-state index contributed by atoms with van der Waals surface area (Å²) in [6, 6.07) is 27.4. The van der Waals surface area contributed by atoms with Crippen LogP contribution in [0.5, 0.6) is 0 Å². The van der Waals surface area contributed by atoms with E-state index in [1.807, 2.05) is 40.0 Å². The van der Waals surface area contributed by atoms with Gasteiger partial charge in [0.1, 0.15) is 0 Å². The molecule has 1 atom stereocenters. The number of aromatic nitrogens is 1. The van der Waals surface area contributed by atoms with Crippen molar-refractivity contribution in [1.82, 2.24) is 0 Å². The highest BCUT2D eigenvalue weighted by molar-refractivity contribution is 7.41. The lowest BCUT2D eigenvalue weighted by molar-refractivity contribution is -0.344. The summed E-state index contributed by atoms with van der Waals surface area (Å²) in [6.45, 7) is 8.78. The van der Waals surface area contributed by atoms with Crippen molar-refractivity contribution in [2.75, 3.05) is 22.1 Å². The Kier molecular flexibility index (Phi) is 11.0. The van der Waals surface area contributed by atoms with Crippen LogP contribution in [0.1, 0.15) is 33.3 Å². The van der Waals surface area contributed by atoms with Gasteiger partial charge < -0.3 is 16.0 Å². The van der Waals surface area contributed by atoms with Crippen LogP contribution in [0.15, 0.2) is 109 Å². The third-order valence-electron chi connectivity index (χ3n) is 5.47. The van der Waals surface area contributed by atoms with E-state index in [1.54, 1.807) is 0 Å². The van der Waals surface area contributed by atoms with Gasteiger partial charge in [-0.2, -0.15) is 0 Å². The van der Waals surface area contributed by atoms with E-state index >= 15 is 0 Å². The van der Waals surface area contributed by atoms with Crippen molar-refractivity contribution in [2.45, 2.75) is 34.2 Å². The Hall–Kier alpha value is -3.62. The maximum absolute atomic E-state index is 3.53. The SMILES string of the molecule is C1=CC(Nc2cccc(CNc3ccc(Nc4cc[nH+]c5ccccc45)cc3)c2)=CC[PH2+]1.CC.CC. The van der Waals surface area contributed by atoms with Gasteiger partial charge >= 0.3 is 0 Å². The summed E-state index contributed by atoms with van der Waals surface area (Å²) in [7, 11) is 0.451. The van der Waals surface area contributed by atoms with Crippen molar-refractivity contribution < 1.29 is 4.98 Å². The van der Waals surface area contributed by atoms with E-state index < -0.39 is 0 Å². The number of hydrogen-bond donors (Lipinski definition) is 3. The molecule has 36 heavy (non-hydrogen) atoms. The Morgan fingerprint density at radius 2 is 1.56 bits per heavy atom. The van der Waals surface area contributed by atoms with Gasteiger partial charge in [0.05, 0.1) is 23.1 Å². The molecule has 0 bridgehead atoms. The molecule has 5 rings (SSSR count). The first-order valence-corrected chi connectivity index (χ1v) is 14.4. The zero-order valence-corrected chi connectivity index (χ0v) is 23.0. The predicted octanol–water partition coefficient (Wildman–Crippen LogP) is 8.30. The van der Waals surface area contributed by atoms with Crippen LogP contribution >= 0.6 is 8.58 Å². The van der Waals surface area contributed by atoms with Gasteiger partial charge in [-0.05, 0) is 60.2 Å². The molecule has 1 aliphatic rings. The molecule has 4 aromatic rings. The van der Waals surface area contributed by atoms with E-state index in [0.717, 1.165) is 34.8 Å². The number of anilines is 4. The first-order chi connectivity index (χ1) is 17.8. The van der Waals surface area contributed by atoms with Gasteiger partial charge in [0.2, 0.25) is 5.52 Å². The summed E-state index contributed by atoms with van der Waals surface area (Å²) in [5.41, 5.74) is 7.94. The minimum absolute atomic E-state index is 0.451. The Bertz CT molecular complexity index is 1270. The summed E-state index contributed by atoms with van der Waals surface area (Å²) in [6.07, 6.45) is 7.62. The van der Waals surface area contributed by atoms with Crippen LogP contribution in [0.4, 0.5) is 22.7 Å². The van der Waals surface area contributed by atoms with Gasteiger partial charge in [-0.1, -0.05) is 52.0 Å². The predicted molar refractivity (Wildman–Crippen MR) is 162 cm³/mol. The summed E-state index contributed by atoms with van der Waals surface area (Å²) < 4.78 is 0. The number of H-pyrrole nitrogens is 1. The summed E-state index contributed by atoms with van der Waals surface area (Å²) in [5.74, 6) is 2.30. The van der Waals surface area contributed by atoms with E-state index in [2.05, 4.69) is 112 Å². The smallest absolute Gasteiger partial charge is 0.212 e. The quantitative estimate of drug-likeness (QED) is 0.225. The van der Waals surface area contributed by atoms with Crippen LogP contribution in [-0.2, 0) is 6.54 Å². The van der Waals surface area contributed by atoms with Gasteiger partial charge in [-0.3, -0.25) is 0 Å². The second-order valence-electron chi connectivity index (χ2n) is 7.81. The molecular weight excluding hydrogens is 459 g/mol. The van der Waals surface area contributed by atoms with E-state index in [0.29, 0.717) is 8.58 Å². The lowest BCUT2D eigenvalue weighted by Gasteiger charge is -2.12. The highest BCUT2D eigenvalue weighted by atomic mass is 31.1. The van der Waals surface area contributed by atoms with Gasteiger partial charge in [0.25, 0.3) is 0 Å². The average Bonchev–Trinajstić information content (AvgIpc) is 2.96. The molecule has 4 nitrogen and oxygen atoms in total. The summed E-state index contributed by atoms with van der Waals surface area (Å²) in [5, 5.41) is 11.7. The molecular formula is C31H39N4P+2. The molecule has 0 aliphatic carbocycles. The lowest BCUT2D eigenvalue weighted by Crippen LogP contribution is -2.04. The van der Waals surface area contributed by atoms with Crippen molar-refractivity contribution in [2.24, 2.45) is 0 Å². The average molecular weight is 499 g/mol. The van der Waals surface area contributed by atoms with Crippen LogP contribution in [0.25, 0.3) is 10.9 Å². The number of nitrogens with one attached hydrogen (secondary N) is 4. The van der Waals surface area contributed by atoms with E-state index in [-0.39, 0.29) is 0 Å². The second kappa shape index (κ2) is 14.7. The molecule has 1 aliphatic heterocycles. The maximum atomic E-state index is 3.53. The Balaban J connectivity index is 0.000000861. The highest BCUT2D eigenvalue weighted by Crippen LogP contribution is 2.25. The van der Waals surface area contributed by atoms with Crippen molar-refractivity contribution >= 4 is 42.2 Å². The largest absolute Gasteiger partial charge is 0.381 e. The fourth-order valence-corrected chi connectivity index (χ4v) is 4.71. The third kappa shape index (κ3) is 7.69. The first kappa shape index (κ1) is 27.0. The number of pyridine rings is 1. The fraction of sp³-hybridized carbons (Fsp3) is 0.194. The van der Waals surface area contributed by atoms with Crippen molar-refractivity contribution in [1.29, 1.82) is 0 Å². The molecule has 1 aromatic heterocycles. The van der Waals surface area contributed by atoms with Gasteiger partial charge in [-0.15, -0.1) is 0 Å². The Morgan fingerprint density at radius 1 is 0.778 bits per heavy atom. The van der Waals surface area contributed by atoms with Crippen LogP contribution < -0.4 is 20.9 Å². The molecule has 0 spiro atoms. The van der Waals surface area contributed by atoms with Crippen LogP contribution in [0.2, 0.25) is 0 Å². The van der Waals surface area contributed by atoms with Crippen LogP contribution in [0.3, 0.4) is 0 Å². The second-order valence-corrected chi connectivity index (χ2v) is 9.14. The Labute approximate surface area is 217 Å². The molecule has 186 valence electrons.